The zero-order chi connectivity index (χ0) is 19.7. The number of anilines is 1. The van der Waals surface area contributed by atoms with E-state index >= 15 is 0 Å². The summed E-state index contributed by atoms with van der Waals surface area (Å²) in [6, 6.07) is 17.2. The van der Waals surface area contributed by atoms with Gasteiger partial charge in [-0.2, -0.15) is 0 Å². The van der Waals surface area contributed by atoms with Gasteiger partial charge in [0.05, 0.1) is 10.0 Å². The summed E-state index contributed by atoms with van der Waals surface area (Å²) in [6.07, 6.45) is 0. The third kappa shape index (κ3) is 4.01. The molecule has 1 fully saturated rings. The molecule has 7 heteroatoms. The summed E-state index contributed by atoms with van der Waals surface area (Å²) in [5.74, 6) is 1.32. The molecule has 144 valence electrons. The summed E-state index contributed by atoms with van der Waals surface area (Å²) < 4.78 is 5.99. The summed E-state index contributed by atoms with van der Waals surface area (Å²) in [4.78, 5) is 5.21. The lowest BCUT2D eigenvalue weighted by Gasteiger charge is -2.37. The van der Waals surface area contributed by atoms with Crippen LogP contribution in [0.2, 0.25) is 15.1 Å². The second-order valence-corrected chi connectivity index (χ2v) is 8.13. The first-order valence-corrected chi connectivity index (χ1v) is 10.4. The van der Waals surface area contributed by atoms with Gasteiger partial charge in [-0.15, -0.1) is 0 Å². The minimum absolute atomic E-state index is 0.479. The van der Waals surface area contributed by atoms with E-state index in [0.717, 1.165) is 36.8 Å². The Morgan fingerprint density at radius 2 is 1.57 bits per heavy atom. The average Bonchev–Trinajstić information content (AvgIpc) is 3.20. The summed E-state index contributed by atoms with van der Waals surface area (Å²) in [5.41, 5.74) is 1.93. The second-order valence-electron chi connectivity index (χ2n) is 6.52. The highest BCUT2D eigenvalue weighted by Crippen LogP contribution is 2.34. The van der Waals surface area contributed by atoms with Crippen molar-refractivity contribution in [2.45, 2.75) is 0 Å². The van der Waals surface area contributed by atoms with Gasteiger partial charge in [-0.1, -0.05) is 53.1 Å². The maximum Gasteiger partial charge on any atom is 0.162 e. The van der Waals surface area contributed by atoms with Gasteiger partial charge in [0, 0.05) is 42.5 Å². The molecule has 0 bridgehead atoms. The Morgan fingerprint density at radius 3 is 2.29 bits per heavy atom. The smallest absolute Gasteiger partial charge is 0.162 e. The van der Waals surface area contributed by atoms with E-state index in [2.05, 4.69) is 9.80 Å². The number of hydrogen-bond acceptors (Lipinski definition) is 3. The van der Waals surface area contributed by atoms with Gasteiger partial charge in [0.1, 0.15) is 10.7 Å². The predicted octanol–water partition coefficient (Wildman–Crippen LogP) is 6.40. The molecule has 2 heterocycles. The standard InChI is InChI=1S/C21H17Cl3N2OS/c22-14-4-6-15(7-5-14)25-10-12-26(13-11-25)21(28)19-9-8-18(27-19)16-2-1-3-17(23)20(16)24/h1-9H,10-13H2. The van der Waals surface area contributed by atoms with Crippen molar-refractivity contribution < 1.29 is 4.42 Å². The molecule has 0 spiro atoms. The van der Waals surface area contributed by atoms with Crippen molar-refractivity contribution in [3.8, 4) is 11.3 Å². The molecular formula is C21H17Cl3N2OS. The lowest BCUT2D eigenvalue weighted by Crippen LogP contribution is -2.48. The number of thiocarbonyl (C=S) groups is 1. The fourth-order valence-electron chi connectivity index (χ4n) is 3.27. The molecule has 3 aromatic rings. The molecule has 1 saturated heterocycles. The van der Waals surface area contributed by atoms with E-state index in [1.165, 1.54) is 5.69 Å². The van der Waals surface area contributed by atoms with Gasteiger partial charge in [-0.3, -0.25) is 0 Å². The van der Waals surface area contributed by atoms with E-state index in [4.69, 9.17) is 51.4 Å². The van der Waals surface area contributed by atoms with Crippen LogP contribution >= 0.6 is 47.0 Å². The van der Waals surface area contributed by atoms with Gasteiger partial charge in [0.25, 0.3) is 0 Å². The lowest BCUT2D eigenvalue weighted by atomic mass is 10.2. The number of halogens is 3. The minimum Gasteiger partial charge on any atom is -0.454 e. The normalized spacial score (nSPS) is 14.4. The Labute approximate surface area is 184 Å². The summed E-state index contributed by atoms with van der Waals surface area (Å²) >= 11 is 24.1. The number of benzene rings is 2. The topological polar surface area (TPSA) is 19.6 Å². The van der Waals surface area contributed by atoms with E-state index in [-0.39, 0.29) is 0 Å². The number of hydrogen-bond donors (Lipinski definition) is 0. The molecule has 3 nitrogen and oxygen atoms in total. The van der Waals surface area contributed by atoms with Gasteiger partial charge in [-0.05, 0) is 48.5 Å². The first-order valence-electron chi connectivity index (χ1n) is 8.87. The molecule has 0 radical (unpaired) electrons. The maximum atomic E-state index is 6.30. The van der Waals surface area contributed by atoms with E-state index in [9.17, 15) is 0 Å². The van der Waals surface area contributed by atoms with E-state index in [1.807, 2.05) is 48.5 Å². The van der Waals surface area contributed by atoms with Gasteiger partial charge >= 0.3 is 0 Å². The molecule has 28 heavy (non-hydrogen) atoms. The van der Waals surface area contributed by atoms with Gasteiger partial charge in [0.2, 0.25) is 0 Å². The van der Waals surface area contributed by atoms with E-state index in [1.54, 1.807) is 6.07 Å². The highest BCUT2D eigenvalue weighted by atomic mass is 35.5. The average molecular weight is 452 g/mol. The molecule has 0 aliphatic carbocycles. The fourth-order valence-corrected chi connectivity index (χ4v) is 4.08. The minimum atomic E-state index is 0.479. The number of piperazine rings is 1. The SMILES string of the molecule is S=C(c1ccc(-c2cccc(Cl)c2Cl)o1)N1CCN(c2ccc(Cl)cc2)CC1. The van der Waals surface area contributed by atoms with Gasteiger partial charge in [0.15, 0.2) is 5.76 Å². The zero-order valence-electron chi connectivity index (χ0n) is 14.9. The molecule has 1 aromatic heterocycles. The Hall–Kier alpha value is -1.72. The van der Waals surface area contributed by atoms with Gasteiger partial charge < -0.3 is 14.2 Å². The quantitative estimate of drug-likeness (QED) is 0.429. The Kier molecular flexibility index (Phi) is 5.83. The zero-order valence-corrected chi connectivity index (χ0v) is 18.0. The van der Waals surface area contributed by atoms with Crippen LogP contribution in [-0.2, 0) is 0 Å². The Balaban J connectivity index is 1.44. The van der Waals surface area contributed by atoms with Crippen LogP contribution in [0.5, 0.6) is 0 Å². The van der Waals surface area contributed by atoms with Crippen LogP contribution in [0.25, 0.3) is 11.3 Å². The van der Waals surface area contributed by atoms with Crippen LogP contribution < -0.4 is 4.90 Å². The van der Waals surface area contributed by atoms with Crippen molar-refractivity contribution in [3.63, 3.8) is 0 Å². The molecular weight excluding hydrogens is 435 g/mol. The second kappa shape index (κ2) is 8.34. The largest absolute Gasteiger partial charge is 0.454 e. The first-order chi connectivity index (χ1) is 13.5. The van der Waals surface area contributed by atoms with Crippen molar-refractivity contribution >= 4 is 57.7 Å². The first kappa shape index (κ1) is 19.6. The van der Waals surface area contributed by atoms with Crippen LogP contribution in [0.1, 0.15) is 5.76 Å². The molecule has 0 unspecified atom stereocenters. The van der Waals surface area contributed by atoms with Crippen LogP contribution in [0.15, 0.2) is 59.0 Å². The summed E-state index contributed by atoms with van der Waals surface area (Å²) in [5, 5.41) is 1.72. The Bertz CT molecular complexity index is 995. The van der Waals surface area contributed by atoms with Crippen LogP contribution in [0, 0.1) is 0 Å². The third-order valence-electron chi connectivity index (χ3n) is 4.79. The molecule has 2 aromatic carbocycles. The highest BCUT2D eigenvalue weighted by Gasteiger charge is 2.22. The lowest BCUT2D eigenvalue weighted by molar-refractivity contribution is 0.385. The van der Waals surface area contributed by atoms with Crippen molar-refractivity contribution in [1.29, 1.82) is 0 Å². The summed E-state index contributed by atoms with van der Waals surface area (Å²) in [7, 11) is 0. The number of nitrogens with zero attached hydrogens (tertiary/aromatic N) is 2. The van der Waals surface area contributed by atoms with Crippen molar-refractivity contribution in [1.82, 2.24) is 4.90 Å². The van der Waals surface area contributed by atoms with Crippen LogP contribution in [-0.4, -0.2) is 36.1 Å². The number of rotatable bonds is 3. The maximum absolute atomic E-state index is 6.30. The van der Waals surface area contributed by atoms with Crippen molar-refractivity contribution in [2.24, 2.45) is 0 Å². The molecule has 0 saturated carbocycles. The predicted molar refractivity (Wildman–Crippen MR) is 121 cm³/mol. The van der Waals surface area contributed by atoms with Gasteiger partial charge in [-0.25, -0.2) is 0 Å². The molecule has 0 N–H and O–H groups in total. The molecule has 0 atom stereocenters. The summed E-state index contributed by atoms with van der Waals surface area (Å²) in [6.45, 7) is 3.43. The fraction of sp³-hybridized carbons (Fsp3) is 0.190. The third-order valence-corrected chi connectivity index (χ3v) is 6.32. The molecule has 1 aliphatic heterocycles. The van der Waals surface area contributed by atoms with Crippen LogP contribution in [0.4, 0.5) is 5.69 Å². The molecule has 4 rings (SSSR count). The van der Waals surface area contributed by atoms with Crippen molar-refractivity contribution in [2.75, 3.05) is 31.1 Å². The highest BCUT2D eigenvalue weighted by molar-refractivity contribution is 7.80. The van der Waals surface area contributed by atoms with Crippen LogP contribution in [0.3, 0.4) is 0 Å². The monoisotopic (exact) mass is 450 g/mol. The van der Waals surface area contributed by atoms with Crippen molar-refractivity contribution in [3.05, 3.63) is 75.4 Å². The number of furan rings is 1. The van der Waals surface area contributed by atoms with E-state index in [0.29, 0.717) is 26.6 Å². The van der Waals surface area contributed by atoms with E-state index < -0.39 is 0 Å². The molecule has 1 aliphatic rings. The molecule has 0 amide bonds. The Morgan fingerprint density at radius 1 is 0.857 bits per heavy atom.